The molecule has 0 atom stereocenters. The average Bonchev–Trinajstić information content (AvgIpc) is 3.45. The van der Waals surface area contributed by atoms with E-state index in [2.05, 4.69) is 36.2 Å². The zero-order valence-corrected chi connectivity index (χ0v) is 21.2. The Morgan fingerprint density at radius 1 is 1.03 bits per heavy atom. The van der Waals surface area contributed by atoms with Crippen LogP contribution in [0.4, 0.5) is 5.13 Å². The van der Waals surface area contributed by atoms with E-state index in [-0.39, 0.29) is 5.91 Å². The fraction of sp³-hybridized carbons (Fsp3) is 0.148. The van der Waals surface area contributed by atoms with Crippen LogP contribution in [0, 0.1) is 6.92 Å². The van der Waals surface area contributed by atoms with Crippen LogP contribution in [0.1, 0.15) is 11.1 Å². The fourth-order valence-electron chi connectivity index (χ4n) is 3.67. The molecule has 1 aliphatic rings. The lowest BCUT2D eigenvalue weighted by atomic mass is 10.1. The van der Waals surface area contributed by atoms with E-state index in [1.165, 1.54) is 21.9 Å². The second kappa shape index (κ2) is 9.93. The van der Waals surface area contributed by atoms with E-state index in [0.29, 0.717) is 33.7 Å². The monoisotopic (exact) mass is 501 g/mol. The number of fused-ring (bicyclic) bond motifs is 1. The first-order chi connectivity index (χ1) is 17.1. The van der Waals surface area contributed by atoms with E-state index in [1.807, 2.05) is 42.5 Å². The number of amides is 1. The van der Waals surface area contributed by atoms with E-state index in [0.717, 1.165) is 20.7 Å². The molecule has 2 heterocycles. The largest absolute Gasteiger partial charge is 0.497 e. The smallest absolute Gasteiger partial charge is 0.282 e. The Balaban J connectivity index is 1.52. The van der Waals surface area contributed by atoms with Gasteiger partial charge in [0.1, 0.15) is 11.5 Å². The molecule has 1 aromatic heterocycles. The van der Waals surface area contributed by atoms with Crippen molar-refractivity contribution in [1.82, 2.24) is 4.98 Å². The summed E-state index contributed by atoms with van der Waals surface area (Å²) >= 11 is 3.09. The molecule has 35 heavy (non-hydrogen) atoms. The van der Waals surface area contributed by atoms with Crippen LogP contribution >= 0.6 is 23.1 Å². The van der Waals surface area contributed by atoms with Crippen molar-refractivity contribution in [3.8, 4) is 11.5 Å². The summed E-state index contributed by atoms with van der Waals surface area (Å²) in [7, 11) is 3.21. The number of aryl methyl sites for hydroxylation is 1. The number of thiazole rings is 1. The molecule has 0 fully saturated rings. The lowest BCUT2D eigenvalue weighted by molar-refractivity contribution is -0.114. The predicted molar refractivity (Wildman–Crippen MR) is 144 cm³/mol. The first-order valence-electron chi connectivity index (χ1n) is 11.0. The van der Waals surface area contributed by atoms with Gasteiger partial charge in [0.15, 0.2) is 0 Å². The molecule has 5 rings (SSSR count). The molecule has 176 valence electrons. The molecule has 1 amide bonds. The maximum absolute atomic E-state index is 13.6. The Morgan fingerprint density at radius 2 is 1.83 bits per heavy atom. The summed E-state index contributed by atoms with van der Waals surface area (Å²) < 4.78 is 11.9. The summed E-state index contributed by atoms with van der Waals surface area (Å²) in [5.74, 6) is 1.64. The van der Waals surface area contributed by atoms with Crippen molar-refractivity contribution in [3.63, 3.8) is 0 Å². The van der Waals surface area contributed by atoms with Gasteiger partial charge in [-0.25, -0.2) is 4.98 Å². The minimum atomic E-state index is -0.207. The first-order valence-corrected chi connectivity index (χ1v) is 12.8. The lowest BCUT2D eigenvalue weighted by Crippen LogP contribution is -2.21. The van der Waals surface area contributed by atoms with Crippen molar-refractivity contribution in [2.45, 2.75) is 11.8 Å². The highest BCUT2D eigenvalue weighted by molar-refractivity contribution is 8.00. The molecular formula is C27H23N3O3S2. The number of carbonyl (C=O) groups is 1. The van der Waals surface area contributed by atoms with Crippen molar-refractivity contribution in [2.24, 2.45) is 5.10 Å². The van der Waals surface area contributed by atoms with Crippen LogP contribution in [-0.4, -0.2) is 36.6 Å². The molecule has 0 bridgehead atoms. The molecule has 0 radical (unpaired) electrons. The lowest BCUT2D eigenvalue weighted by Gasteiger charge is -2.09. The Labute approximate surface area is 211 Å². The van der Waals surface area contributed by atoms with Gasteiger partial charge in [0, 0.05) is 22.3 Å². The molecule has 1 aliphatic heterocycles. The number of rotatable bonds is 7. The number of anilines is 1. The van der Waals surface area contributed by atoms with Gasteiger partial charge in [-0.1, -0.05) is 41.2 Å². The van der Waals surface area contributed by atoms with Crippen molar-refractivity contribution < 1.29 is 14.3 Å². The van der Waals surface area contributed by atoms with Crippen molar-refractivity contribution in [3.05, 3.63) is 83.4 Å². The van der Waals surface area contributed by atoms with Crippen LogP contribution in [0.5, 0.6) is 11.5 Å². The number of para-hydroxylation sites is 1. The minimum Gasteiger partial charge on any atom is -0.497 e. The minimum absolute atomic E-state index is 0.207. The maximum Gasteiger partial charge on any atom is 0.282 e. The van der Waals surface area contributed by atoms with Gasteiger partial charge in [-0.3, -0.25) is 4.79 Å². The van der Waals surface area contributed by atoms with E-state index in [4.69, 9.17) is 14.6 Å². The third kappa shape index (κ3) is 4.80. The summed E-state index contributed by atoms with van der Waals surface area (Å²) in [6.07, 6.45) is 1.84. The number of hydrogen-bond donors (Lipinski definition) is 0. The standard InChI is InChI=1S/C27H23N3O3S2/c1-17-8-12-20(13-9-17)34-16-23-21(14-18-10-11-19(32-2)15-24(18)33-3)26(31)30(29-23)27-28-22-6-4-5-7-25(22)35-27/h4-15H,16H2,1-3H3/b21-14-. The SMILES string of the molecule is COc1ccc(/C=C2\C(=O)N(c3nc4ccccc4s3)N=C2CSc2ccc(C)cc2)c(OC)c1. The Hall–Kier alpha value is -3.62. The van der Waals surface area contributed by atoms with E-state index in [1.54, 1.807) is 32.0 Å². The number of hydrazone groups is 1. The van der Waals surface area contributed by atoms with Gasteiger partial charge in [-0.05, 0) is 49.4 Å². The van der Waals surface area contributed by atoms with E-state index >= 15 is 0 Å². The predicted octanol–water partition coefficient (Wildman–Crippen LogP) is 6.20. The average molecular weight is 502 g/mol. The van der Waals surface area contributed by atoms with Crippen LogP contribution in [0.2, 0.25) is 0 Å². The summed E-state index contributed by atoms with van der Waals surface area (Å²) in [6.45, 7) is 2.06. The first kappa shape index (κ1) is 23.1. The second-order valence-corrected chi connectivity index (χ2v) is 9.95. The molecule has 0 N–H and O–H groups in total. The number of aromatic nitrogens is 1. The molecule has 0 unspecified atom stereocenters. The van der Waals surface area contributed by atoms with Gasteiger partial charge in [-0.2, -0.15) is 10.1 Å². The highest BCUT2D eigenvalue weighted by Crippen LogP contribution is 2.35. The van der Waals surface area contributed by atoms with Crippen LogP contribution in [-0.2, 0) is 4.79 Å². The zero-order chi connectivity index (χ0) is 24.4. The number of benzene rings is 3. The zero-order valence-electron chi connectivity index (χ0n) is 19.5. The third-order valence-corrected chi connectivity index (χ3v) is 7.59. The summed E-state index contributed by atoms with van der Waals surface area (Å²) in [5, 5.41) is 6.70. The number of nitrogens with zero attached hydrogens (tertiary/aromatic N) is 3. The Bertz CT molecular complexity index is 1430. The second-order valence-electron chi connectivity index (χ2n) is 7.90. The van der Waals surface area contributed by atoms with Crippen LogP contribution < -0.4 is 14.5 Å². The summed E-state index contributed by atoms with van der Waals surface area (Å²) in [6, 6.07) is 21.7. The van der Waals surface area contributed by atoms with Crippen LogP contribution in [0.3, 0.4) is 0 Å². The molecule has 6 nitrogen and oxygen atoms in total. The molecule has 0 aliphatic carbocycles. The van der Waals surface area contributed by atoms with Gasteiger partial charge in [-0.15, -0.1) is 11.8 Å². The highest BCUT2D eigenvalue weighted by atomic mass is 32.2. The topological polar surface area (TPSA) is 64.0 Å². The van der Waals surface area contributed by atoms with Gasteiger partial charge in [0.2, 0.25) is 5.13 Å². The number of thioether (sulfide) groups is 1. The number of carbonyl (C=O) groups excluding carboxylic acids is 1. The fourth-order valence-corrected chi connectivity index (χ4v) is 5.43. The van der Waals surface area contributed by atoms with E-state index < -0.39 is 0 Å². The molecule has 4 aromatic rings. The number of hydrogen-bond acceptors (Lipinski definition) is 7. The van der Waals surface area contributed by atoms with Gasteiger partial charge in [0.25, 0.3) is 5.91 Å². The van der Waals surface area contributed by atoms with Crippen molar-refractivity contribution in [2.75, 3.05) is 25.0 Å². The molecule has 3 aromatic carbocycles. The van der Waals surface area contributed by atoms with Crippen molar-refractivity contribution in [1.29, 1.82) is 0 Å². The van der Waals surface area contributed by atoms with Gasteiger partial charge >= 0.3 is 0 Å². The Kier molecular flexibility index (Phi) is 6.57. The molecule has 0 saturated heterocycles. The maximum atomic E-state index is 13.6. The molecule has 0 spiro atoms. The van der Waals surface area contributed by atoms with Crippen LogP contribution in [0.25, 0.3) is 16.3 Å². The number of methoxy groups -OCH3 is 2. The highest BCUT2D eigenvalue weighted by Gasteiger charge is 2.33. The third-order valence-electron chi connectivity index (χ3n) is 5.56. The van der Waals surface area contributed by atoms with Gasteiger partial charge in [0.05, 0.1) is 35.7 Å². The molecular weight excluding hydrogens is 478 g/mol. The quantitative estimate of drug-likeness (QED) is 0.223. The number of ether oxygens (including phenoxy) is 2. The summed E-state index contributed by atoms with van der Waals surface area (Å²) in [4.78, 5) is 19.4. The van der Waals surface area contributed by atoms with E-state index in [9.17, 15) is 4.79 Å². The normalized spacial score (nSPS) is 14.6. The summed E-state index contributed by atoms with van der Waals surface area (Å²) in [5.41, 5.74) is 4.04. The molecule has 8 heteroatoms. The Morgan fingerprint density at radius 3 is 2.57 bits per heavy atom. The van der Waals surface area contributed by atoms with Crippen molar-refractivity contribution >= 4 is 56.1 Å². The molecule has 0 saturated carbocycles. The van der Waals surface area contributed by atoms with Gasteiger partial charge < -0.3 is 9.47 Å². The van der Waals surface area contributed by atoms with Crippen LogP contribution in [0.15, 0.2) is 82.3 Å².